The van der Waals surface area contributed by atoms with Crippen molar-refractivity contribution >= 4 is 11.6 Å². The van der Waals surface area contributed by atoms with Crippen molar-refractivity contribution in [2.45, 2.75) is 45.1 Å². The molecule has 4 heteroatoms. The molecule has 0 aromatic carbocycles. The summed E-state index contributed by atoms with van der Waals surface area (Å²) < 4.78 is 5.69. The molecule has 2 rings (SSSR count). The number of aromatic nitrogens is 2. The SMILES string of the molecule is CC(C)c1nc(Cl)cc(OC2CCC2)n1. The van der Waals surface area contributed by atoms with E-state index in [9.17, 15) is 0 Å². The maximum Gasteiger partial charge on any atom is 0.218 e. The lowest BCUT2D eigenvalue weighted by Gasteiger charge is -2.25. The third-order valence-electron chi connectivity index (χ3n) is 2.54. The first-order valence-electron chi connectivity index (χ1n) is 5.36. The molecular formula is C11H15ClN2O. The molecule has 0 saturated heterocycles. The van der Waals surface area contributed by atoms with Gasteiger partial charge in [-0.05, 0) is 19.3 Å². The fraction of sp³-hybridized carbons (Fsp3) is 0.636. The Morgan fingerprint density at radius 1 is 1.40 bits per heavy atom. The van der Waals surface area contributed by atoms with Crippen LogP contribution in [0.15, 0.2) is 6.07 Å². The van der Waals surface area contributed by atoms with Gasteiger partial charge in [0.25, 0.3) is 0 Å². The van der Waals surface area contributed by atoms with E-state index in [1.807, 2.05) is 13.8 Å². The second-order valence-electron chi connectivity index (χ2n) is 4.21. The van der Waals surface area contributed by atoms with Crippen LogP contribution in [-0.2, 0) is 0 Å². The Kier molecular flexibility index (Phi) is 3.10. The molecular weight excluding hydrogens is 212 g/mol. The second-order valence-corrected chi connectivity index (χ2v) is 4.60. The summed E-state index contributed by atoms with van der Waals surface area (Å²) in [6.07, 6.45) is 3.83. The van der Waals surface area contributed by atoms with Crippen molar-refractivity contribution in [3.05, 3.63) is 17.0 Å². The molecule has 0 amide bonds. The Bertz CT molecular complexity index is 350. The maximum atomic E-state index is 5.91. The van der Waals surface area contributed by atoms with Crippen LogP contribution in [0.2, 0.25) is 5.15 Å². The molecule has 0 radical (unpaired) electrons. The zero-order chi connectivity index (χ0) is 10.8. The van der Waals surface area contributed by atoms with Gasteiger partial charge >= 0.3 is 0 Å². The van der Waals surface area contributed by atoms with Crippen molar-refractivity contribution in [3.63, 3.8) is 0 Å². The number of ether oxygens (including phenoxy) is 1. The van der Waals surface area contributed by atoms with Gasteiger partial charge in [0, 0.05) is 12.0 Å². The van der Waals surface area contributed by atoms with E-state index in [-0.39, 0.29) is 5.92 Å². The van der Waals surface area contributed by atoms with Crippen LogP contribution >= 0.6 is 11.6 Å². The zero-order valence-corrected chi connectivity index (χ0v) is 9.79. The molecule has 1 aliphatic rings. The first-order valence-corrected chi connectivity index (χ1v) is 5.74. The molecule has 1 heterocycles. The Hall–Kier alpha value is -0.830. The normalized spacial score (nSPS) is 16.5. The summed E-state index contributed by atoms with van der Waals surface area (Å²) in [4.78, 5) is 8.50. The highest BCUT2D eigenvalue weighted by atomic mass is 35.5. The van der Waals surface area contributed by atoms with Gasteiger partial charge in [-0.15, -0.1) is 0 Å². The van der Waals surface area contributed by atoms with E-state index in [1.165, 1.54) is 6.42 Å². The molecule has 0 aliphatic heterocycles. The van der Waals surface area contributed by atoms with Gasteiger partial charge in [0.1, 0.15) is 17.1 Å². The van der Waals surface area contributed by atoms with E-state index in [4.69, 9.17) is 16.3 Å². The summed E-state index contributed by atoms with van der Waals surface area (Å²) in [6.45, 7) is 4.08. The van der Waals surface area contributed by atoms with Crippen LogP contribution in [0.4, 0.5) is 0 Å². The molecule has 3 nitrogen and oxygen atoms in total. The van der Waals surface area contributed by atoms with E-state index in [1.54, 1.807) is 6.07 Å². The van der Waals surface area contributed by atoms with Gasteiger partial charge in [0.15, 0.2) is 0 Å². The van der Waals surface area contributed by atoms with Gasteiger partial charge < -0.3 is 4.74 Å². The molecule has 0 bridgehead atoms. The maximum absolute atomic E-state index is 5.91. The fourth-order valence-electron chi connectivity index (χ4n) is 1.39. The molecule has 15 heavy (non-hydrogen) atoms. The van der Waals surface area contributed by atoms with Crippen LogP contribution in [0, 0.1) is 0 Å². The molecule has 1 aromatic heterocycles. The first-order chi connectivity index (χ1) is 7.15. The lowest BCUT2D eigenvalue weighted by molar-refractivity contribution is 0.114. The molecule has 1 aromatic rings. The molecule has 1 saturated carbocycles. The Balaban J connectivity index is 2.15. The predicted octanol–water partition coefficient (Wildman–Crippen LogP) is 3.18. The van der Waals surface area contributed by atoms with Crippen molar-refractivity contribution in [2.24, 2.45) is 0 Å². The molecule has 0 atom stereocenters. The summed E-state index contributed by atoms with van der Waals surface area (Å²) in [5.41, 5.74) is 0. The molecule has 0 N–H and O–H groups in total. The Labute approximate surface area is 94.8 Å². The van der Waals surface area contributed by atoms with Crippen LogP contribution in [0.3, 0.4) is 0 Å². The largest absolute Gasteiger partial charge is 0.474 e. The Morgan fingerprint density at radius 2 is 2.13 bits per heavy atom. The monoisotopic (exact) mass is 226 g/mol. The third kappa shape index (κ3) is 2.59. The molecule has 0 spiro atoms. The number of nitrogens with zero attached hydrogens (tertiary/aromatic N) is 2. The summed E-state index contributed by atoms with van der Waals surface area (Å²) in [5, 5.41) is 0.461. The lowest BCUT2D eigenvalue weighted by atomic mass is 9.96. The lowest BCUT2D eigenvalue weighted by Crippen LogP contribution is -2.25. The Morgan fingerprint density at radius 3 is 2.67 bits per heavy atom. The first kappa shape index (κ1) is 10.7. The van der Waals surface area contributed by atoms with Crippen molar-refractivity contribution in [1.82, 2.24) is 9.97 Å². The minimum atomic E-state index is 0.271. The molecule has 1 aliphatic carbocycles. The summed E-state index contributed by atoms with van der Waals surface area (Å²) >= 11 is 5.91. The van der Waals surface area contributed by atoms with Gasteiger partial charge in [-0.1, -0.05) is 25.4 Å². The van der Waals surface area contributed by atoms with Crippen LogP contribution < -0.4 is 4.74 Å². The molecule has 82 valence electrons. The average Bonchev–Trinajstić information content (AvgIpc) is 2.10. The topological polar surface area (TPSA) is 35.0 Å². The summed E-state index contributed by atoms with van der Waals surface area (Å²) in [6, 6.07) is 1.69. The smallest absolute Gasteiger partial charge is 0.218 e. The molecule has 0 unspecified atom stereocenters. The third-order valence-corrected chi connectivity index (χ3v) is 2.74. The number of halogens is 1. The van der Waals surface area contributed by atoms with Crippen LogP contribution in [0.5, 0.6) is 5.88 Å². The van der Waals surface area contributed by atoms with E-state index in [2.05, 4.69) is 9.97 Å². The van der Waals surface area contributed by atoms with Gasteiger partial charge in [-0.2, -0.15) is 4.98 Å². The van der Waals surface area contributed by atoms with Crippen molar-refractivity contribution in [2.75, 3.05) is 0 Å². The predicted molar refractivity (Wildman–Crippen MR) is 59.4 cm³/mol. The number of hydrogen-bond donors (Lipinski definition) is 0. The van der Waals surface area contributed by atoms with E-state index in [0.717, 1.165) is 18.7 Å². The van der Waals surface area contributed by atoms with Crippen LogP contribution in [0.1, 0.15) is 44.9 Å². The van der Waals surface area contributed by atoms with Gasteiger partial charge in [0.2, 0.25) is 5.88 Å². The van der Waals surface area contributed by atoms with Crippen LogP contribution in [-0.4, -0.2) is 16.1 Å². The highest BCUT2D eigenvalue weighted by molar-refractivity contribution is 6.29. The number of hydrogen-bond acceptors (Lipinski definition) is 3. The number of rotatable bonds is 3. The minimum absolute atomic E-state index is 0.271. The van der Waals surface area contributed by atoms with E-state index in [0.29, 0.717) is 17.1 Å². The van der Waals surface area contributed by atoms with E-state index < -0.39 is 0 Å². The standard InChI is InChI=1S/C11H15ClN2O/c1-7(2)11-13-9(12)6-10(14-11)15-8-4-3-5-8/h6-8H,3-5H2,1-2H3. The quantitative estimate of drug-likeness (QED) is 0.743. The average molecular weight is 227 g/mol. The van der Waals surface area contributed by atoms with Gasteiger partial charge in [-0.25, -0.2) is 4.98 Å². The highest BCUT2D eigenvalue weighted by Crippen LogP contribution is 2.26. The van der Waals surface area contributed by atoms with Crippen molar-refractivity contribution in [3.8, 4) is 5.88 Å². The molecule has 1 fully saturated rings. The second kappa shape index (κ2) is 4.35. The highest BCUT2D eigenvalue weighted by Gasteiger charge is 2.20. The fourth-order valence-corrected chi connectivity index (χ4v) is 1.57. The zero-order valence-electron chi connectivity index (χ0n) is 9.03. The van der Waals surface area contributed by atoms with Crippen LogP contribution in [0.25, 0.3) is 0 Å². The summed E-state index contributed by atoms with van der Waals surface area (Å²) in [5.74, 6) is 1.63. The minimum Gasteiger partial charge on any atom is -0.474 e. The summed E-state index contributed by atoms with van der Waals surface area (Å²) in [7, 11) is 0. The van der Waals surface area contributed by atoms with Crippen molar-refractivity contribution < 1.29 is 4.74 Å². The van der Waals surface area contributed by atoms with Gasteiger partial charge in [0.05, 0.1) is 0 Å². The van der Waals surface area contributed by atoms with Gasteiger partial charge in [-0.3, -0.25) is 0 Å². The van der Waals surface area contributed by atoms with E-state index >= 15 is 0 Å². The van der Waals surface area contributed by atoms with Crippen molar-refractivity contribution in [1.29, 1.82) is 0 Å².